The molecular weight excluding hydrogens is 344 g/mol. The minimum atomic E-state index is -0.290. The summed E-state index contributed by atoms with van der Waals surface area (Å²) in [6, 6.07) is 14.0. The van der Waals surface area contributed by atoms with Gasteiger partial charge in [0.15, 0.2) is 12.4 Å². The van der Waals surface area contributed by atoms with E-state index in [4.69, 9.17) is 4.74 Å². The minimum Gasteiger partial charge on any atom is -0.484 e. The molecule has 2 amide bonds. The van der Waals surface area contributed by atoms with Crippen LogP contribution in [0.4, 0.5) is 5.69 Å². The zero-order chi connectivity index (χ0) is 19.8. The van der Waals surface area contributed by atoms with Gasteiger partial charge in [0.1, 0.15) is 5.75 Å². The highest BCUT2D eigenvalue weighted by atomic mass is 16.5. The molecule has 0 fully saturated rings. The van der Waals surface area contributed by atoms with Crippen molar-refractivity contribution in [2.24, 2.45) is 0 Å². The molecule has 0 radical (unpaired) electrons. The fraction of sp³-hybridized carbons (Fsp3) is 0.286. The summed E-state index contributed by atoms with van der Waals surface area (Å²) in [5.74, 6) is 0.215. The number of benzene rings is 2. The van der Waals surface area contributed by atoms with Gasteiger partial charge in [-0.1, -0.05) is 12.1 Å². The molecule has 0 aliphatic rings. The number of carbonyl (C=O) groups excluding carboxylic acids is 3. The Labute approximate surface area is 159 Å². The minimum absolute atomic E-state index is 0.0103. The fourth-order valence-electron chi connectivity index (χ4n) is 2.55. The lowest BCUT2D eigenvalue weighted by Gasteiger charge is -2.19. The van der Waals surface area contributed by atoms with Crippen molar-refractivity contribution < 1.29 is 19.1 Å². The van der Waals surface area contributed by atoms with Gasteiger partial charge in [-0.2, -0.15) is 0 Å². The summed E-state index contributed by atoms with van der Waals surface area (Å²) >= 11 is 0. The van der Waals surface area contributed by atoms with Crippen LogP contribution < -0.4 is 10.1 Å². The zero-order valence-electron chi connectivity index (χ0n) is 15.8. The highest BCUT2D eigenvalue weighted by Crippen LogP contribution is 2.15. The van der Waals surface area contributed by atoms with E-state index in [9.17, 15) is 14.4 Å². The molecule has 2 rings (SSSR count). The zero-order valence-corrected chi connectivity index (χ0v) is 15.8. The summed E-state index contributed by atoms with van der Waals surface area (Å²) in [5, 5.41) is 2.78. The molecule has 2 aromatic carbocycles. The molecule has 6 heteroatoms. The van der Waals surface area contributed by atoms with E-state index in [1.165, 1.54) is 13.8 Å². The van der Waals surface area contributed by atoms with E-state index in [1.54, 1.807) is 35.2 Å². The van der Waals surface area contributed by atoms with Gasteiger partial charge in [-0.25, -0.2) is 0 Å². The third-order valence-electron chi connectivity index (χ3n) is 4.04. The Balaban J connectivity index is 1.90. The predicted octanol–water partition coefficient (Wildman–Crippen LogP) is 3.28. The molecule has 0 atom stereocenters. The molecule has 0 aliphatic carbocycles. The van der Waals surface area contributed by atoms with E-state index in [0.717, 1.165) is 5.56 Å². The molecule has 2 aromatic rings. The topological polar surface area (TPSA) is 75.7 Å². The average molecular weight is 368 g/mol. The lowest BCUT2D eigenvalue weighted by atomic mass is 10.1. The number of nitrogens with zero attached hydrogens (tertiary/aromatic N) is 1. The van der Waals surface area contributed by atoms with Crippen LogP contribution in [0.5, 0.6) is 5.75 Å². The van der Waals surface area contributed by atoms with Crippen LogP contribution in [0.2, 0.25) is 0 Å². The van der Waals surface area contributed by atoms with Gasteiger partial charge in [0, 0.05) is 31.3 Å². The molecule has 1 N–H and O–H groups in total. The molecule has 142 valence electrons. The van der Waals surface area contributed by atoms with Gasteiger partial charge in [0.05, 0.1) is 0 Å². The first-order valence-electron chi connectivity index (χ1n) is 8.77. The standard InChI is InChI=1S/C21H24N2O4/c1-4-23(16(3)25)13-17-6-5-7-19(12-17)22-21(26)14-27-20-10-8-18(9-11-20)15(2)24/h5-12H,4,13-14H2,1-3H3,(H,22,26). The summed E-state index contributed by atoms with van der Waals surface area (Å²) < 4.78 is 5.44. The summed E-state index contributed by atoms with van der Waals surface area (Å²) in [6.45, 7) is 5.94. The van der Waals surface area contributed by atoms with E-state index >= 15 is 0 Å². The lowest BCUT2D eigenvalue weighted by Crippen LogP contribution is -2.27. The number of rotatable bonds is 8. The molecule has 0 aliphatic heterocycles. The van der Waals surface area contributed by atoms with E-state index in [1.807, 2.05) is 25.1 Å². The summed E-state index contributed by atoms with van der Waals surface area (Å²) in [4.78, 5) is 36.6. The van der Waals surface area contributed by atoms with E-state index < -0.39 is 0 Å². The van der Waals surface area contributed by atoms with Crippen molar-refractivity contribution in [1.82, 2.24) is 4.90 Å². The second-order valence-electron chi connectivity index (χ2n) is 6.15. The normalized spacial score (nSPS) is 10.2. The monoisotopic (exact) mass is 368 g/mol. The van der Waals surface area contributed by atoms with Crippen molar-refractivity contribution >= 4 is 23.3 Å². The van der Waals surface area contributed by atoms with Gasteiger partial charge >= 0.3 is 0 Å². The van der Waals surface area contributed by atoms with Gasteiger partial charge in [0.25, 0.3) is 5.91 Å². The largest absolute Gasteiger partial charge is 0.484 e. The van der Waals surface area contributed by atoms with E-state index in [2.05, 4.69) is 5.32 Å². The molecule has 0 unspecified atom stereocenters. The van der Waals surface area contributed by atoms with E-state index in [-0.39, 0.29) is 24.2 Å². The van der Waals surface area contributed by atoms with Crippen LogP contribution in [0.3, 0.4) is 0 Å². The number of hydrogen-bond acceptors (Lipinski definition) is 4. The van der Waals surface area contributed by atoms with Crippen molar-refractivity contribution in [2.45, 2.75) is 27.3 Å². The number of ether oxygens (including phenoxy) is 1. The summed E-state index contributed by atoms with van der Waals surface area (Å²) in [6.07, 6.45) is 0. The predicted molar refractivity (Wildman–Crippen MR) is 104 cm³/mol. The number of amides is 2. The SMILES string of the molecule is CCN(Cc1cccc(NC(=O)COc2ccc(C(C)=O)cc2)c1)C(C)=O. The van der Waals surface area contributed by atoms with Gasteiger partial charge in [-0.05, 0) is 55.8 Å². The molecule has 27 heavy (non-hydrogen) atoms. The Morgan fingerprint density at radius 1 is 1.04 bits per heavy atom. The van der Waals surface area contributed by atoms with Gasteiger partial charge in [-0.3, -0.25) is 14.4 Å². The second-order valence-corrected chi connectivity index (χ2v) is 6.15. The van der Waals surface area contributed by atoms with Crippen molar-refractivity contribution in [3.63, 3.8) is 0 Å². The average Bonchev–Trinajstić information content (AvgIpc) is 2.65. The van der Waals surface area contributed by atoms with Crippen LogP contribution in [-0.4, -0.2) is 35.6 Å². The Hall–Kier alpha value is -3.15. The van der Waals surface area contributed by atoms with Crippen molar-refractivity contribution in [1.29, 1.82) is 0 Å². The van der Waals surface area contributed by atoms with Gasteiger partial charge in [-0.15, -0.1) is 0 Å². The molecule has 6 nitrogen and oxygen atoms in total. The Morgan fingerprint density at radius 2 is 1.74 bits per heavy atom. The molecule has 0 spiro atoms. The molecule has 0 heterocycles. The highest BCUT2D eigenvalue weighted by molar-refractivity contribution is 5.94. The highest BCUT2D eigenvalue weighted by Gasteiger charge is 2.09. The Bertz CT molecular complexity index is 815. The first kappa shape index (κ1) is 20.2. The van der Waals surface area contributed by atoms with Crippen LogP contribution >= 0.6 is 0 Å². The molecule has 0 aromatic heterocycles. The molecule has 0 saturated carbocycles. The first-order valence-corrected chi connectivity index (χ1v) is 8.77. The van der Waals surface area contributed by atoms with Crippen LogP contribution in [0.1, 0.15) is 36.7 Å². The third-order valence-corrected chi connectivity index (χ3v) is 4.04. The van der Waals surface area contributed by atoms with Crippen LogP contribution in [0.25, 0.3) is 0 Å². The molecular formula is C21H24N2O4. The number of Topliss-reactive ketones (excluding diaryl/α,β-unsaturated/α-hetero) is 1. The maximum atomic E-state index is 12.1. The van der Waals surface area contributed by atoms with Crippen molar-refractivity contribution in [2.75, 3.05) is 18.5 Å². The van der Waals surface area contributed by atoms with E-state index in [0.29, 0.717) is 30.1 Å². The number of carbonyl (C=O) groups is 3. The molecule has 0 bridgehead atoms. The summed E-state index contributed by atoms with van der Waals surface area (Å²) in [5.41, 5.74) is 2.17. The maximum Gasteiger partial charge on any atom is 0.262 e. The summed E-state index contributed by atoms with van der Waals surface area (Å²) in [7, 11) is 0. The second kappa shape index (κ2) is 9.52. The number of nitrogens with one attached hydrogen (secondary N) is 1. The molecule has 0 saturated heterocycles. The number of hydrogen-bond donors (Lipinski definition) is 1. The van der Waals surface area contributed by atoms with Crippen molar-refractivity contribution in [3.05, 3.63) is 59.7 Å². The third kappa shape index (κ3) is 6.26. The first-order chi connectivity index (χ1) is 12.9. The van der Waals surface area contributed by atoms with Crippen LogP contribution in [0, 0.1) is 0 Å². The Kier molecular flexibility index (Phi) is 7.11. The van der Waals surface area contributed by atoms with Crippen LogP contribution in [-0.2, 0) is 16.1 Å². The lowest BCUT2D eigenvalue weighted by molar-refractivity contribution is -0.129. The van der Waals surface area contributed by atoms with Crippen molar-refractivity contribution in [3.8, 4) is 5.75 Å². The van der Waals surface area contributed by atoms with Gasteiger partial charge in [0.2, 0.25) is 5.91 Å². The smallest absolute Gasteiger partial charge is 0.262 e. The van der Waals surface area contributed by atoms with Crippen LogP contribution in [0.15, 0.2) is 48.5 Å². The number of anilines is 1. The maximum absolute atomic E-state index is 12.1. The number of ketones is 1. The quantitative estimate of drug-likeness (QED) is 0.726. The van der Waals surface area contributed by atoms with Gasteiger partial charge < -0.3 is 15.0 Å². The Morgan fingerprint density at radius 3 is 2.33 bits per heavy atom. The fourth-order valence-corrected chi connectivity index (χ4v) is 2.55.